The van der Waals surface area contributed by atoms with Crippen molar-refractivity contribution in [1.29, 1.82) is 0 Å². The van der Waals surface area contributed by atoms with Crippen LogP contribution in [-0.4, -0.2) is 41.0 Å². The highest BCUT2D eigenvalue weighted by Crippen LogP contribution is 2.28. The van der Waals surface area contributed by atoms with Crippen molar-refractivity contribution in [3.63, 3.8) is 0 Å². The first kappa shape index (κ1) is 20.5. The van der Waals surface area contributed by atoms with Gasteiger partial charge >= 0.3 is 5.97 Å². The first-order valence-corrected chi connectivity index (χ1v) is 10.6. The zero-order valence-corrected chi connectivity index (χ0v) is 17.9. The van der Waals surface area contributed by atoms with Gasteiger partial charge in [-0.3, -0.25) is 9.59 Å². The molecule has 6 nitrogen and oxygen atoms in total. The number of hydrogen-bond acceptors (Lipinski definition) is 4. The van der Waals surface area contributed by atoms with E-state index in [1.54, 1.807) is 17.9 Å². The first-order valence-electron chi connectivity index (χ1n) is 10.3. The van der Waals surface area contributed by atoms with Crippen LogP contribution in [0.2, 0.25) is 5.02 Å². The summed E-state index contributed by atoms with van der Waals surface area (Å²) in [6, 6.07) is 11.3. The number of aromatic nitrogens is 1. The van der Waals surface area contributed by atoms with E-state index >= 15 is 0 Å². The van der Waals surface area contributed by atoms with E-state index < -0.39 is 0 Å². The van der Waals surface area contributed by atoms with Crippen LogP contribution in [0.15, 0.2) is 40.8 Å². The Morgan fingerprint density at radius 3 is 2.87 bits per heavy atom. The van der Waals surface area contributed by atoms with E-state index in [0.29, 0.717) is 42.5 Å². The molecular weight excluding hydrogens is 404 g/mol. The van der Waals surface area contributed by atoms with Crippen molar-refractivity contribution in [2.75, 3.05) is 19.7 Å². The quantitative estimate of drug-likeness (QED) is 0.554. The number of aryl methyl sites for hydroxylation is 1. The van der Waals surface area contributed by atoms with Crippen LogP contribution in [0.25, 0.3) is 11.1 Å². The number of furan rings is 1. The van der Waals surface area contributed by atoms with Crippen molar-refractivity contribution in [2.45, 2.75) is 33.2 Å². The molecule has 1 atom stereocenters. The fourth-order valence-electron chi connectivity index (χ4n) is 4.11. The second-order valence-electron chi connectivity index (χ2n) is 7.69. The average Bonchev–Trinajstić information content (AvgIpc) is 3.25. The average molecular weight is 429 g/mol. The molecule has 0 spiro atoms. The standard InChI is InChI=1S/C23H25ClN2O4/c1-3-29-23(28)17-7-5-9-25(14-17)22(27)20-12-21-19(10-15(2)30-21)26(20)13-16-6-4-8-18(24)11-16/h4,6,8,10-12,17H,3,5,7,9,13-14H2,1-2H3. The number of piperidine rings is 1. The summed E-state index contributed by atoms with van der Waals surface area (Å²) in [6.07, 6.45) is 1.52. The van der Waals surface area contributed by atoms with Crippen LogP contribution in [0.3, 0.4) is 0 Å². The summed E-state index contributed by atoms with van der Waals surface area (Å²) in [7, 11) is 0. The largest absolute Gasteiger partial charge is 0.466 e. The number of halogens is 1. The second kappa shape index (κ2) is 8.56. The Hall–Kier alpha value is -2.73. The Kier molecular flexibility index (Phi) is 5.86. The van der Waals surface area contributed by atoms with Crippen LogP contribution in [0.5, 0.6) is 0 Å². The lowest BCUT2D eigenvalue weighted by molar-refractivity contribution is -0.149. The molecule has 3 aromatic rings. The minimum Gasteiger partial charge on any atom is -0.466 e. The van der Waals surface area contributed by atoms with Gasteiger partial charge in [-0.25, -0.2) is 0 Å². The summed E-state index contributed by atoms with van der Waals surface area (Å²) in [5.74, 6) is 0.187. The van der Waals surface area contributed by atoms with Crippen LogP contribution in [-0.2, 0) is 16.1 Å². The Labute approximate surface area is 180 Å². The van der Waals surface area contributed by atoms with Crippen LogP contribution < -0.4 is 0 Å². The minimum atomic E-state index is -0.274. The summed E-state index contributed by atoms with van der Waals surface area (Å²) in [4.78, 5) is 27.4. The molecule has 4 rings (SSSR count). The van der Waals surface area contributed by atoms with E-state index in [1.807, 2.05) is 41.8 Å². The van der Waals surface area contributed by atoms with Gasteiger partial charge in [-0.05, 0) is 44.4 Å². The lowest BCUT2D eigenvalue weighted by Crippen LogP contribution is -2.43. The fraction of sp³-hybridized carbons (Fsp3) is 0.391. The number of esters is 1. The molecule has 30 heavy (non-hydrogen) atoms. The van der Waals surface area contributed by atoms with Crippen molar-refractivity contribution < 1.29 is 18.7 Å². The number of amides is 1. The predicted molar refractivity (Wildman–Crippen MR) is 115 cm³/mol. The molecule has 0 radical (unpaired) electrons. The number of nitrogens with zero attached hydrogens (tertiary/aromatic N) is 2. The third kappa shape index (κ3) is 4.10. The molecule has 1 saturated heterocycles. The monoisotopic (exact) mass is 428 g/mol. The number of carbonyl (C=O) groups excluding carboxylic acids is 2. The van der Waals surface area contributed by atoms with Crippen LogP contribution in [0, 0.1) is 12.8 Å². The summed E-state index contributed by atoms with van der Waals surface area (Å²) in [5.41, 5.74) is 3.09. The lowest BCUT2D eigenvalue weighted by atomic mass is 9.98. The van der Waals surface area contributed by atoms with Crippen molar-refractivity contribution in [1.82, 2.24) is 9.47 Å². The van der Waals surface area contributed by atoms with Gasteiger partial charge in [-0.2, -0.15) is 0 Å². The summed E-state index contributed by atoms with van der Waals surface area (Å²) >= 11 is 6.16. The number of fused-ring (bicyclic) bond motifs is 1. The van der Waals surface area contributed by atoms with Gasteiger partial charge < -0.3 is 18.6 Å². The molecule has 2 aromatic heterocycles. The molecule has 158 valence electrons. The smallest absolute Gasteiger partial charge is 0.310 e. The Morgan fingerprint density at radius 2 is 2.10 bits per heavy atom. The zero-order chi connectivity index (χ0) is 21.3. The number of rotatable bonds is 5. The SMILES string of the molecule is CCOC(=O)C1CCCN(C(=O)c2cc3oc(C)cc3n2Cc2cccc(Cl)c2)C1. The molecule has 0 aliphatic carbocycles. The van der Waals surface area contributed by atoms with E-state index in [9.17, 15) is 9.59 Å². The maximum absolute atomic E-state index is 13.4. The van der Waals surface area contributed by atoms with Crippen molar-refractivity contribution >= 4 is 34.6 Å². The number of carbonyl (C=O) groups is 2. The van der Waals surface area contributed by atoms with E-state index in [4.69, 9.17) is 20.8 Å². The lowest BCUT2D eigenvalue weighted by Gasteiger charge is -2.31. The van der Waals surface area contributed by atoms with Crippen LogP contribution in [0.4, 0.5) is 0 Å². The third-order valence-corrected chi connectivity index (χ3v) is 5.73. The van der Waals surface area contributed by atoms with Crippen molar-refractivity contribution in [3.8, 4) is 0 Å². The van der Waals surface area contributed by atoms with Gasteiger partial charge in [0.15, 0.2) is 5.58 Å². The van der Waals surface area contributed by atoms with Gasteiger partial charge in [0, 0.05) is 36.8 Å². The Balaban J connectivity index is 1.65. The molecule has 3 heterocycles. The molecule has 7 heteroatoms. The minimum absolute atomic E-state index is 0.102. The molecule has 0 saturated carbocycles. The molecule has 0 N–H and O–H groups in total. The summed E-state index contributed by atoms with van der Waals surface area (Å²) < 4.78 is 12.9. The number of benzene rings is 1. The van der Waals surface area contributed by atoms with E-state index in [-0.39, 0.29) is 17.8 Å². The molecular formula is C23H25ClN2O4. The van der Waals surface area contributed by atoms with Crippen LogP contribution in [0.1, 0.15) is 41.6 Å². The normalized spacial score (nSPS) is 16.8. The van der Waals surface area contributed by atoms with Gasteiger partial charge in [0.1, 0.15) is 11.5 Å². The highest BCUT2D eigenvalue weighted by atomic mass is 35.5. The van der Waals surface area contributed by atoms with E-state index in [1.165, 1.54) is 0 Å². The summed E-state index contributed by atoms with van der Waals surface area (Å²) in [5, 5.41) is 0.653. The second-order valence-corrected chi connectivity index (χ2v) is 8.13. The highest BCUT2D eigenvalue weighted by molar-refractivity contribution is 6.30. The van der Waals surface area contributed by atoms with Gasteiger partial charge in [0.25, 0.3) is 5.91 Å². The Bertz CT molecular complexity index is 1080. The maximum Gasteiger partial charge on any atom is 0.310 e. The Morgan fingerprint density at radius 1 is 1.27 bits per heavy atom. The highest BCUT2D eigenvalue weighted by Gasteiger charge is 2.31. The molecule has 1 fully saturated rings. The fourth-order valence-corrected chi connectivity index (χ4v) is 4.32. The molecule has 1 amide bonds. The summed E-state index contributed by atoms with van der Waals surface area (Å²) in [6.45, 7) is 5.53. The van der Waals surface area contributed by atoms with Crippen molar-refractivity contribution in [2.24, 2.45) is 5.92 Å². The zero-order valence-electron chi connectivity index (χ0n) is 17.2. The topological polar surface area (TPSA) is 64.7 Å². The van der Waals surface area contributed by atoms with Crippen molar-refractivity contribution in [3.05, 3.63) is 58.4 Å². The molecule has 1 aliphatic rings. The van der Waals surface area contributed by atoms with E-state index in [0.717, 1.165) is 29.7 Å². The molecule has 0 bridgehead atoms. The first-order chi connectivity index (χ1) is 14.5. The van der Waals surface area contributed by atoms with Gasteiger partial charge in [-0.1, -0.05) is 23.7 Å². The van der Waals surface area contributed by atoms with E-state index in [2.05, 4.69) is 0 Å². The third-order valence-electron chi connectivity index (χ3n) is 5.49. The van der Waals surface area contributed by atoms with Gasteiger partial charge in [0.2, 0.25) is 0 Å². The molecule has 1 aliphatic heterocycles. The van der Waals surface area contributed by atoms with Gasteiger partial charge in [0.05, 0.1) is 18.0 Å². The van der Waals surface area contributed by atoms with Crippen LogP contribution >= 0.6 is 11.6 Å². The molecule has 1 unspecified atom stereocenters. The maximum atomic E-state index is 13.4. The number of hydrogen-bond donors (Lipinski definition) is 0. The number of ether oxygens (including phenoxy) is 1. The number of likely N-dealkylation sites (tertiary alicyclic amines) is 1. The van der Waals surface area contributed by atoms with Gasteiger partial charge in [-0.15, -0.1) is 0 Å². The molecule has 1 aromatic carbocycles. The predicted octanol–water partition coefficient (Wildman–Crippen LogP) is 4.66.